The summed E-state index contributed by atoms with van der Waals surface area (Å²) in [6.45, 7) is 14.2. The molecule has 1 aliphatic rings. The highest BCUT2D eigenvalue weighted by atomic mass is 15.1. The van der Waals surface area contributed by atoms with Gasteiger partial charge in [-0.3, -0.25) is 9.98 Å². The topological polar surface area (TPSA) is 37.3 Å². The maximum absolute atomic E-state index is 4.49. The number of aromatic nitrogens is 1. The molecule has 42 heavy (non-hydrogen) atoms. The van der Waals surface area contributed by atoms with Crippen LogP contribution in [0.15, 0.2) is 140 Å². The van der Waals surface area contributed by atoms with Gasteiger partial charge in [-0.1, -0.05) is 122 Å². The third kappa shape index (κ3) is 5.02. The molecule has 0 aliphatic heterocycles. The largest absolute Gasteiger partial charge is 0.360 e. The fourth-order valence-corrected chi connectivity index (χ4v) is 5.96. The highest BCUT2D eigenvalue weighted by Crippen LogP contribution is 2.45. The Morgan fingerprint density at radius 3 is 2.36 bits per heavy atom. The molecular formula is C39H33N3. The van der Waals surface area contributed by atoms with E-state index in [2.05, 4.69) is 108 Å². The van der Waals surface area contributed by atoms with Gasteiger partial charge < -0.3 is 5.32 Å². The lowest BCUT2D eigenvalue weighted by molar-refractivity contribution is 0.677. The number of rotatable bonds is 9. The normalized spacial score (nSPS) is 12.6. The van der Waals surface area contributed by atoms with E-state index in [0.29, 0.717) is 0 Å². The van der Waals surface area contributed by atoms with Crippen LogP contribution in [0.4, 0.5) is 0 Å². The van der Waals surface area contributed by atoms with Crippen LogP contribution in [0, 0.1) is 6.92 Å². The van der Waals surface area contributed by atoms with Crippen molar-refractivity contribution in [2.75, 3.05) is 0 Å². The Hall–Kier alpha value is -5.28. The van der Waals surface area contributed by atoms with Crippen LogP contribution >= 0.6 is 0 Å². The molecule has 0 saturated heterocycles. The predicted molar refractivity (Wildman–Crippen MR) is 177 cm³/mol. The van der Waals surface area contributed by atoms with Crippen LogP contribution in [0.25, 0.3) is 33.5 Å². The van der Waals surface area contributed by atoms with Crippen LogP contribution in [0.2, 0.25) is 0 Å². The first kappa shape index (κ1) is 26.9. The van der Waals surface area contributed by atoms with Crippen molar-refractivity contribution in [3.63, 3.8) is 0 Å². The average Bonchev–Trinajstić information content (AvgIpc) is 3.43. The Morgan fingerprint density at radius 2 is 1.62 bits per heavy atom. The number of pyridine rings is 1. The Morgan fingerprint density at radius 1 is 0.857 bits per heavy atom. The van der Waals surface area contributed by atoms with E-state index >= 15 is 0 Å². The van der Waals surface area contributed by atoms with E-state index in [1.54, 1.807) is 0 Å². The molecule has 0 amide bonds. The molecule has 5 aromatic rings. The van der Waals surface area contributed by atoms with Gasteiger partial charge in [-0.05, 0) is 76.2 Å². The van der Waals surface area contributed by atoms with E-state index in [1.807, 2.05) is 55.6 Å². The summed E-state index contributed by atoms with van der Waals surface area (Å²) in [7, 11) is 0. The van der Waals surface area contributed by atoms with Gasteiger partial charge in [0.05, 0.1) is 0 Å². The summed E-state index contributed by atoms with van der Waals surface area (Å²) in [6.07, 6.45) is 6.28. The summed E-state index contributed by atoms with van der Waals surface area (Å²) in [6, 6.07) is 36.1. The standard InChI is InChI=1S/C39H33N3/c1-5-12-33(32-19-11-24-41-27(32)3)29-20-22-30(23-21-29)34-16-10-17-35-37(34)25-31-15-9-18-36(38(31)35)39(40-4)42-26(2)28-13-7-6-8-14-28/h5-24,39,42H,1-2,4,25H2,3H3/b33-12-. The maximum Gasteiger partial charge on any atom is 0.144 e. The number of benzene rings is 4. The van der Waals surface area contributed by atoms with Crippen molar-refractivity contribution < 1.29 is 0 Å². The Labute approximate surface area is 248 Å². The summed E-state index contributed by atoms with van der Waals surface area (Å²) in [5.41, 5.74) is 14.9. The maximum atomic E-state index is 4.49. The molecule has 0 spiro atoms. The predicted octanol–water partition coefficient (Wildman–Crippen LogP) is 9.21. The van der Waals surface area contributed by atoms with Gasteiger partial charge in [0.25, 0.3) is 0 Å². The van der Waals surface area contributed by atoms with Crippen molar-refractivity contribution >= 4 is 18.0 Å². The number of hydrogen-bond acceptors (Lipinski definition) is 3. The fraction of sp³-hybridized carbons (Fsp3) is 0.0769. The van der Waals surface area contributed by atoms with Crippen molar-refractivity contribution in [2.45, 2.75) is 19.5 Å². The molecule has 6 rings (SSSR count). The molecule has 0 radical (unpaired) electrons. The van der Waals surface area contributed by atoms with E-state index in [9.17, 15) is 0 Å². The molecule has 4 aromatic carbocycles. The zero-order chi connectivity index (χ0) is 29.1. The second-order valence-corrected chi connectivity index (χ2v) is 10.5. The van der Waals surface area contributed by atoms with Crippen molar-refractivity contribution in [2.24, 2.45) is 4.99 Å². The lowest BCUT2D eigenvalue weighted by atomic mass is 9.91. The summed E-state index contributed by atoms with van der Waals surface area (Å²) >= 11 is 0. The molecule has 0 fully saturated rings. The van der Waals surface area contributed by atoms with E-state index < -0.39 is 0 Å². The van der Waals surface area contributed by atoms with E-state index in [0.717, 1.165) is 45.6 Å². The van der Waals surface area contributed by atoms with E-state index in [4.69, 9.17) is 0 Å². The molecule has 3 nitrogen and oxygen atoms in total. The minimum Gasteiger partial charge on any atom is -0.360 e. The lowest BCUT2D eigenvalue weighted by Gasteiger charge is -2.21. The number of nitrogens with zero attached hydrogens (tertiary/aromatic N) is 2. The van der Waals surface area contributed by atoms with Gasteiger partial charge in [0.15, 0.2) is 0 Å². The molecule has 204 valence electrons. The summed E-state index contributed by atoms with van der Waals surface area (Å²) in [5.74, 6) is 0. The summed E-state index contributed by atoms with van der Waals surface area (Å²) < 4.78 is 0. The van der Waals surface area contributed by atoms with Crippen LogP contribution < -0.4 is 5.32 Å². The van der Waals surface area contributed by atoms with Crippen molar-refractivity contribution in [1.82, 2.24) is 10.3 Å². The van der Waals surface area contributed by atoms with Crippen molar-refractivity contribution in [3.8, 4) is 22.3 Å². The molecule has 1 heterocycles. The van der Waals surface area contributed by atoms with Crippen LogP contribution in [-0.4, -0.2) is 11.7 Å². The number of nitrogens with one attached hydrogen (secondary N) is 1. The second-order valence-electron chi connectivity index (χ2n) is 10.5. The van der Waals surface area contributed by atoms with Gasteiger partial charge in [-0.25, -0.2) is 0 Å². The Bertz CT molecular complexity index is 1830. The van der Waals surface area contributed by atoms with Gasteiger partial charge >= 0.3 is 0 Å². The average molecular weight is 544 g/mol. The molecular weight excluding hydrogens is 510 g/mol. The summed E-state index contributed by atoms with van der Waals surface area (Å²) in [4.78, 5) is 8.98. The number of hydrogen-bond donors (Lipinski definition) is 1. The first-order chi connectivity index (χ1) is 20.6. The fourth-order valence-electron chi connectivity index (χ4n) is 5.96. The van der Waals surface area contributed by atoms with Crippen molar-refractivity contribution in [1.29, 1.82) is 0 Å². The number of allylic oxidation sites excluding steroid dienone is 2. The molecule has 0 saturated carbocycles. The number of aliphatic imine (C=N–C) groups is 1. The number of fused-ring (bicyclic) bond motifs is 3. The van der Waals surface area contributed by atoms with Gasteiger partial charge in [-0.2, -0.15) is 0 Å². The highest BCUT2D eigenvalue weighted by Gasteiger charge is 2.27. The first-order valence-electron chi connectivity index (χ1n) is 14.1. The van der Waals surface area contributed by atoms with Gasteiger partial charge in [0.1, 0.15) is 6.17 Å². The first-order valence-corrected chi connectivity index (χ1v) is 14.1. The monoisotopic (exact) mass is 543 g/mol. The smallest absolute Gasteiger partial charge is 0.144 e. The molecule has 3 heteroatoms. The Kier molecular flexibility index (Phi) is 7.49. The van der Waals surface area contributed by atoms with Crippen LogP contribution in [-0.2, 0) is 6.42 Å². The molecule has 0 bridgehead atoms. The van der Waals surface area contributed by atoms with E-state index in [1.165, 1.54) is 33.4 Å². The quantitative estimate of drug-likeness (QED) is 0.146. The summed E-state index contributed by atoms with van der Waals surface area (Å²) in [5, 5.41) is 3.51. The molecule has 1 unspecified atom stereocenters. The zero-order valence-corrected chi connectivity index (χ0v) is 23.8. The van der Waals surface area contributed by atoms with Crippen LogP contribution in [0.5, 0.6) is 0 Å². The van der Waals surface area contributed by atoms with Crippen LogP contribution in [0.1, 0.15) is 45.2 Å². The van der Waals surface area contributed by atoms with Gasteiger partial charge in [-0.15, -0.1) is 0 Å². The minimum atomic E-state index is -0.312. The number of aryl methyl sites for hydroxylation is 1. The van der Waals surface area contributed by atoms with Crippen molar-refractivity contribution in [3.05, 3.63) is 174 Å². The Balaban J connectivity index is 1.35. The third-order valence-electron chi connectivity index (χ3n) is 7.99. The zero-order valence-electron chi connectivity index (χ0n) is 23.8. The molecule has 1 atom stereocenters. The van der Waals surface area contributed by atoms with Gasteiger partial charge in [0.2, 0.25) is 0 Å². The molecule has 1 N–H and O–H groups in total. The third-order valence-corrected chi connectivity index (χ3v) is 7.99. The lowest BCUT2D eigenvalue weighted by Crippen LogP contribution is -2.18. The second kappa shape index (κ2) is 11.7. The van der Waals surface area contributed by atoms with E-state index in [-0.39, 0.29) is 6.17 Å². The molecule has 1 aliphatic carbocycles. The van der Waals surface area contributed by atoms with Gasteiger partial charge in [0, 0.05) is 28.7 Å². The highest BCUT2D eigenvalue weighted by molar-refractivity contribution is 5.88. The van der Waals surface area contributed by atoms with Crippen LogP contribution in [0.3, 0.4) is 0 Å². The SMILES string of the molecule is C=C/C=C(/c1ccc(-c2cccc3c2Cc2cccc(C(N=C)NC(=C)c4ccccc4)c2-3)cc1)c1cccnc1C. The minimum absolute atomic E-state index is 0.312. The molecule has 1 aromatic heterocycles.